The van der Waals surface area contributed by atoms with E-state index in [0.717, 1.165) is 5.41 Å². The molecule has 0 aromatic heterocycles. The summed E-state index contributed by atoms with van der Waals surface area (Å²) in [5.41, 5.74) is 10.6. The molecule has 0 aliphatic carbocycles. The van der Waals surface area contributed by atoms with Crippen molar-refractivity contribution in [1.29, 1.82) is 0 Å². The first-order valence-corrected chi connectivity index (χ1v) is 12.5. The molecule has 0 bridgehead atoms. The van der Waals surface area contributed by atoms with Gasteiger partial charge in [-0.3, -0.25) is 4.72 Å². The number of methoxy groups -OCH3 is 4. The summed E-state index contributed by atoms with van der Waals surface area (Å²) in [6, 6.07) is 7.45. The Kier molecular flexibility index (Phi) is 9.96. The molecule has 1 atom stereocenters. The number of carbonyl (C=O) groups is 1. The van der Waals surface area contributed by atoms with Gasteiger partial charge in [0.15, 0.2) is 0 Å². The fourth-order valence-corrected chi connectivity index (χ4v) is 4.42. The molecule has 0 spiro atoms. The molecule has 11 nitrogen and oxygen atoms in total. The molecule has 0 radical (unpaired) electrons. The Labute approximate surface area is 211 Å². The number of nitrogens with one attached hydrogen (secondary N) is 1. The Morgan fingerprint density at radius 3 is 2.11 bits per heavy atom. The number of carboxylic acids is 1. The monoisotopic (exact) mass is 523 g/mol. The fraction of sp³-hybridized carbons (Fsp3) is 0.375. The maximum absolute atomic E-state index is 12.9. The third kappa shape index (κ3) is 6.80. The minimum absolute atomic E-state index is 0.0864. The van der Waals surface area contributed by atoms with Gasteiger partial charge in [0, 0.05) is 23.4 Å². The van der Waals surface area contributed by atoms with Crippen LogP contribution in [0.2, 0.25) is 0 Å². The Balaban J connectivity index is 2.43. The van der Waals surface area contributed by atoms with Crippen molar-refractivity contribution < 1.29 is 37.3 Å². The lowest BCUT2D eigenvalue weighted by molar-refractivity contribution is -0.144. The van der Waals surface area contributed by atoms with Crippen molar-refractivity contribution in [1.82, 2.24) is 0 Å². The van der Waals surface area contributed by atoms with Crippen LogP contribution < -0.4 is 35.1 Å². The minimum Gasteiger partial charge on any atom is -0.496 e. The molecular weight excluding hydrogens is 490 g/mol. The van der Waals surface area contributed by atoms with Crippen LogP contribution in [-0.2, 0) is 20.4 Å². The van der Waals surface area contributed by atoms with Crippen molar-refractivity contribution in [2.75, 3.05) is 39.7 Å². The summed E-state index contributed by atoms with van der Waals surface area (Å²) >= 11 is 0. The lowest BCUT2D eigenvalue weighted by Crippen LogP contribution is -2.45. The third-order valence-corrected chi connectivity index (χ3v) is 6.53. The average Bonchev–Trinajstić information content (AvgIpc) is 2.86. The van der Waals surface area contributed by atoms with Crippen molar-refractivity contribution in [3.8, 4) is 23.0 Å². The number of benzene rings is 2. The topological polar surface area (TPSA) is 172 Å². The molecule has 12 heteroatoms. The predicted molar refractivity (Wildman–Crippen MR) is 137 cm³/mol. The summed E-state index contributed by atoms with van der Waals surface area (Å²) in [6.07, 6.45) is 2.46. The van der Waals surface area contributed by atoms with Crippen LogP contribution in [0.15, 0.2) is 35.7 Å². The van der Waals surface area contributed by atoms with Crippen LogP contribution in [0.3, 0.4) is 0 Å². The van der Waals surface area contributed by atoms with Crippen LogP contribution in [0.1, 0.15) is 30.4 Å². The Hall–Kier alpha value is -3.48. The summed E-state index contributed by atoms with van der Waals surface area (Å²) < 4.78 is 49.3. The predicted octanol–water partition coefficient (Wildman–Crippen LogP) is 2.50. The van der Waals surface area contributed by atoms with E-state index in [1.165, 1.54) is 52.7 Å². The minimum atomic E-state index is -4.04. The van der Waals surface area contributed by atoms with Gasteiger partial charge < -0.3 is 35.5 Å². The first-order chi connectivity index (χ1) is 17.0. The van der Waals surface area contributed by atoms with Crippen molar-refractivity contribution in [3.05, 3.63) is 46.9 Å². The molecule has 0 aliphatic rings. The second kappa shape index (κ2) is 12.5. The summed E-state index contributed by atoms with van der Waals surface area (Å²) in [7, 11) is 1.70. The SMILES string of the molecule is COc1cc(OC)c(/C=C/S(=O)(=O)Nc2ccc(OC)c([C@](N)(CCCCN)C(=O)O)c2)c(OC)c1. The van der Waals surface area contributed by atoms with Gasteiger partial charge in [-0.25, -0.2) is 13.2 Å². The van der Waals surface area contributed by atoms with Crippen LogP contribution in [0.25, 0.3) is 6.08 Å². The highest BCUT2D eigenvalue weighted by atomic mass is 32.2. The van der Waals surface area contributed by atoms with Crippen molar-refractivity contribution in [3.63, 3.8) is 0 Å². The number of nitrogens with two attached hydrogens (primary N) is 2. The van der Waals surface area contributed by atoms with Crippen LogP contribution in [-0.4, -0.2) is 54.5 Å². The Bertz CT molecular complexity index is 1170. The summed E-state index contributed by atoms with van der Waals surface area (Å²) in [6.45, 7) is 0.392. The zero-order valence-corrected chi connectivity index (χ0v) is 21.6. The summed E-state index contributed by atoms with van der Waals surface area (Å²) in [5, 5.41) is 10.8. The normalized spacial score (nSPS) is 13.2. The van der Waals surface area contributed by atoms with E-state index >= 15 is 0 Å². The zero-order chi connectivity index (χ0) is 26.9. The molecule has 0 saturated carbocycles. The molecule has 0 fully saturated rings. The molecule has 2 rings (SSSR count). The van der Waals surface area contributed by atoms with Gasteiger partial charge >= 0.3 is 5.97 Å². The highest BCUT2D eigenvalue weighted by Crippen LogP contribution is 2.36. The number of sulfonamides is 1. The van der Waals surface area contributed by atoms with E-state index in [-0.39, 0.29) is 23.4 Å². The number of unbranched alkanes of at least 4 members (excludes halogenated alkanes) is 1. The molecular formula is C24H33N3O8S. The van der Waals surface area contributed by atoms with Gasteiger partial charge in [0.25, 0.3) is 10.0 Å². The number of rotatable bonds is 14. The molecule has 0 saturated heterocycles. The maximum Gasteiger partial charge on any atom is 0.328 e. The van der Waals surface area contributed by atoms with E-state index in [9.17, 15) is 18.3 Å². The molecule has 36 heavy (non-hydrogen) atoms. The van der Waals surface area contributed by atoms with Gasteiger partial charge in [0.1, 0.15) is 28.5 Å². The number of ether oxygens (including phenoxy) is 4. The fourth-order valence-electron chi connectivity index (χ4n) is 3.58. The van der Waals surface area contributed by atoms with Gasteiger partial charge in [-0.1, -0.05) is 0 Å². The van der Waals surface area contributed by atoms with Gasteiger partial charge in [-0.15, -0.1) is 0 Å². The number of aliphatic carboxylic acids is 1. The third-order valence-electron chi connectivity index (χ3n) is 5.51. The van der Waals surface area contributed by atoms with Gasteiger partial charge in [0.2, 0.25) is 0 Å². The van der Waals surface area contributed by atoms with Gasteiger partial charge in [0.05, 0.1) is 39.4 Å². The Morgan fingerprint density at radius 2 is 1.61 bits per heavy atom. The molecule has 0 unspecified atom stereocenters. The standard InChI is InChI=1S/C24H33N3O8S/c1-32-17-14-21(34-3)18(22(15-17)35-4)9-12-36(30,31)27-16-7-8-20(33-2)19(13-16)24(26,23(28)29)10-5-6-11-25/h7-9,12-15,27H,5-6,10-11,25-26H2,1-4H3,(H,28,29)/b12-9+/t24-/m1/s1. The second-order valence-corrected chi connectivity index (χ2v) is 9.40. The van der Waals surface area contributed by atoms with E-state index in [4.69, 9.17) is 30.4 Å². The van der Waals surface area contributed by atoms with Crippen molar-refractivity contribution in [2.45, 2.75) is 24.8 Å². The van der Waals surface area contributed by atoms with Crippen LogP contribution in [0, 0.1) is 0 Å². The van der Waals surface area contributed by atoms with E-state index in [1.807, 2.05) is 0 Å². The lowest BCUT2D eigenvalue weighted by atomic mass is 9.85. The zero-order valence-electron chi connectivity index (χ0n) is 20.7. The van der Waals surface area contributed by atoms with Crippen LogP contribution in [0.4, 0.5) is 5.69 Å². The first-order valence-electron chi connectivity index (χ1n) is 11.0. The molecule has 2 aromatic carbocycles. The number of carboxylic acid groups (broad SMARTS) is 1. The highest BCUT2D eigenvalue weighted by Gasteiger charge is 2.38. The van der Waals surface area contributed by atoms with E-state index in [2.05, 4.69) is 4.72 Å². The average molecular weight is 524 g/mol. The van der Waals surface area contributed by atoms with Crippen molar-refractivity contribution in [2.24, 2.45) is 11.5 Å². The molecule has 198 valence electrons. The van der Waals surface area contributed by atoms with E-state index in [1.54, 1.807) is 12.1 Å². The molecule has 2 aromatic rings. The van der Waals surface area contributed by atoms with E-state index in [0.29, 0.717) is 42.2 Å². The molecule has 6 N–H and O–H groups in total. The Morgan fingerprint density at radius 1 is 1.00 bits per heavy atom. The van der Waals surface area contributed by atoms with Gasteiger partial charge in [-0.05, 0) is 50.1 Å². The summed E-state index contributed by atoms with van der Waals surface area (Å²) in [5.74, 6) is 0.116. The van der Waals surface area contributed by atoms with Gasteiger partial charge in [-0.2, -0.15) is 0 Å². The van der Waals surface area contributed by atoms with E-state index < -0.39 is 21.5 Å². The largest absolute Gasteiger partial charge is 0.496 e. The van der Waals surface area contributed by atoms with Crippen LogP contribution in [0.5, 0.6) is 23.0 Å². The number of hydrogen-bond donors (Lipinski definition) is 4. The number of hydrogen-bond acceptors (Lipinski definition) is 9. The highest BCUT2D eigenvalue weighted by molar-refractivity contribution is 7.95. The smallest absolute Gasteiger partial charge is 0.328 e. The maximum atomic E-state index is 12.9. The number of anilines is 1. The molecule has 0 heterocycles. The molecule has 0 amide bonds. The van der Waals surface area contributed by atoms with Crippen LogP contribution >= 0.6 is 0 Å². The van der Waals surface area contributed by atoms with Crippen molar-refractivity contribution >= 4 is 27.8 Å². The summed E-state index contributed by atoms with van der Waals surface area (Å²) in [4.78, 5) is 12.1. The lowest BCUT2D eigenvalue weighted by Gasteiger charge is -2.27. The first kappa shape index (κ1) is 28.8. The quantitative estimate of drug-likeness (QED) is 0.269. The molecule has 0 aliphatic heterocycles. The second-order valence-electron chi connectivity index (χ2n) is 7.83.